The molecule has 1 amide bonds. The third-order valence-corrected chi connectivity index (χ3v) is 2.72. The van der Waals surface area contributed by atoms with Crippen LogP contribution < -0.4 is 11.1 Å². The van der Waals surface area contributed by atoms with Crippen molar-refractivity contribution >= 4 is 5.91 Å². The van der Waals surface area contributed by atoms with Crippen molar-refractivity contribution in [2.75, 3.05) is 20.3 Å². The maximum atomic E-state index is 13.2. The first-order valence-electron chi connectivity index (χ1n) is 5.40. The Hall–Kier alpha value is -1.53. The molecule has 0 spiro atoms. The van der Waals surface area contributed by atoms with Gasteiger partial charge in [0.1, 0.15) is 17.2 Å². The van der Waals surface area contributed by atoms with Crippen LogP contribution in [0.5, 0.6) is 0 Å². The highest BCUT2D eigenvalue weighted by Gasteiger charge is 2.33. The van der Waals surface area contributed by atoms with Crippen molar-refractivity contribution in [1.82, 2.24) is 5.32 Å². The van der Waals surface area contributed by atoms with Crippen LogP contribution in [-0.2, 0) is 15.1 Å². The molecular weight excluding hydrogens is 242 g/mol. The average molecular weight is 258 g/mol. The minimum Gasteiger partial charge on any atom is -0.383 e. The highest BCUT2D eigenvalue weighted by molar-refractivity contribution is 5.85. The lowest BCUT2D eigenvalue weighted by atomic mass is 9.91. The number of nitrogens with two attached hydrogens (primary N) is 1. The number of rotatable bonds is 6. The van der Waals surface area contributed by atoms with Gasteiger partial charge in [0.05, 0.1) is 6.61 Å². The number of hydrogen-bond acceptors (Lipinski definition) is 3. The summed E-state index contributed by atoms with van der Waals surface area (Å²) in [5.74, 6) is -2.24. The van der Waals surface area contributed by atoms with Gasteiger partial charge in [0, 0.05) is 19.7 Å². The van der Waals surface area contributed by atoms with E-state index in [9.17, 15) is 13.6 Å². The van der Waals surface area contributed by atoms with Crippen molar-refractivity contribution in [1.29, 1.82) is 0 Å². The fourth-order valence-corrected chi connectivity index (χ4v) is 1.58. The standard InChI is InChI=1S/C12H16F2N2O2/c1-12(11(15)17,16-3-4-18-2)8-5-9(13)7-10(14)6-8/h5-7,16H,3-4H2,1-2H3,(H2,15,17). The first-order chi connectivity index (χ1) is 8.40. The van der Waals surface area contributed by atoms with Gasteiger partial charge >= 0.3 is 0 Å². The monoisotopic (exact) mass is 258 g/mol. The molecule has 0 saturated carbocycles. The van der Waals surface area contributed by atoms with Gasteiger partial charge in [-0.15, -0.1) is 0 Å². The summed E-state index contributed by atoms with van der Waals surface area (Å²) < 4.78 is 31.2. The Bertz CT molecular complexity index is 420. The number of benzene rings is 1. The van der Waals surface area contributed by atoms with Crippen LogP contribution in [-0.4, -0.2) is 26.2 Å². The Morgan fingerprint density at radius 2 is 1.94 bits per heavy atom. The normalized spacial score (nSPS) is 14.2. The molecule has 0 aliphatic rings. The quantitative estimate of drug-likeness (QED) is 0.745. The van der Waals surface area contributed by atoms with Crippen molar-refractivity contribution in [3.63, 3.8) is 0 Å². The van der Waals surface area contributed by atoms with Crippen molar-refractivity contribution in [2.24, 2.45) is 5.73 Å². The van der Waals surface area contributed by atoms with Crippen LogP contribution in [0, 0.1) is 11.6 Å². The number of hydrogen-bond donors (Lipinski definition) is 2. The van der Waals surface area contributed by atoms with E-state index in [1.807, 2.05) is 0 Å². The molecule has 6 heteroatoms. The van der Waals surface area contributed by atoms with Crippen LogP contribution in [0.25, 0.3) is 0 Å². The molecular formula is C12H16F2N2O2. The van der Waals surface area contributed by atoms with Crippen LogP contribution in [0.15, 0.2) is 18.2 Å². The Labute approximate surface area is 104 Å². The van der Waals surface area contributed by atoms with Crippen molar-refractivity contribution in [3.8, 4) is 0 Å². The third-order valence-electron chi connectivity index (χ3n) is 2.72. The molecule has 1 rings (SSSR count). The van der Waals surface area contributed by atoms with Crippen molar-refractivity contribution in [3.05, 3.63) is 35.4 Å². The summed E-state index contributed by atoms with van der Waals surface area (Å²) in [5, 5.41) is 2.83. The molecule has 0 radical (unpaired) electrons. The summed E-state index contributed by atoms with van der Waals surface area (Å²) in [4.78, 5) is 11.5. The van der Waals surface area contributed by atoms with Crippen LogP contribution >= 0.6 is 0 Å². The number of amides is 1. The second-order valence-corrected chi connectivity index (χ2v) is 4.07. The molecule has 1 unspecified atom stereocenters. The second kappa shape index (κ2) is 5.88. The number of methoxy groups -OCH3 is 1. The summed E-state index contributed by atoms with van der Waals surface area (Å²) in [5.41, 5.74) is 4.09. The molecule has 1 atom stereocenters. The maximum absolute atomic E-state index is 13.2. The second-order valence-electron chi connectivity index (χ2n) is 4.07. The van der Waals surface area contributed by atoms with E-state index in [4.69, 9.17) is 10.5 Å². The summed E-state index contributed by atoms with van der Waals surface area (Å²) in [6.07, 6.45) is 0. The molecule has 0 fully saturated rings. The number of carbonyl (C=O) groups is 1. The van der Waals surface area contributed by atoms with Gasteiger partial charge in [0.2, 0.25) is 5.91 Å². The van der Waals surface area contributed by atoms with E-state index in [1.165, 1.54) is 14.0 Å². The average Bonchev–Trinajstić information content (AvgIpc) is 2.27. The van der Waals surface area contributed by atoms with Crippen LogP contribution in [0.2, 0.25) is 0 Å². The van der Waals surface area contributed by atoms with Gasteiger partial charge < -0.3 is 10.5 Å². The molecule has 0 aromatic heterocycles. The number of halogens is 2. The molecule has 0 bridgehead atoms. The smallest absolute Gasteiger partial charge is 0.242 e. The highest BCUT2D eigenvalue weighted by Crippen LogP contribution is 2.22. The number of carbonyl (C=O) groups excluding carboxylic acids is 1. The molecule has 1 aromatic carbocycles. The fourth-order valence-electron chi connectivity index (χ4n) is 1.58. The summed E-state index contributed by atoms with van der Waals surface area (Å²) in [7, 11) is 1.51. The molecule has 4 nitrogen and oxygen atoms in total. The molecule has 0 saturated heterocycles. The predicted molar refractivity (Wildman–Crippen MR) is 62.8 cm³/mol. The van der Waals surface area contributed by atoms with Crippen LogP contribution in [0.1, 0.15) is 12.5 Å². The van der Waals surface area contributed by atoms with E-state index in [0.29, 0.717) is 13.2 Å². The van der Waals surface area contributed by atoms with Gasteiger partial charge in [-0.2, -0.15) is 0 Å². The van der Waals surface area contributed by atoms with E-state index in [0.717, 1.165) is 18.2 Å². The van der Waals surface area contributed by atoms with Crippen molar-refractivity contribution < 1.29 is 18.3 Å². The lowest BCUT2D eigenvalue weighted by molar-refractivity contribution is -0.124. The number of primary amides is 1. The maximum Gasteiger partial charge on any atom is 0.242 e. The van der Waals surface area contributed by atoms with E-state index in [2.05, 4.69) is 5.32 Å². The largest absolute Gasteiger partial charge is 0.383 e. The Morgan fingerprint density at radius 3 is 2.39 bits per heavy atom. The molecule has 0 heterocycles. The highest BCUT2D eigenvalue weighted by atomic mass is 19.1. The van der Waals surface area contributed by atoms with Gasteiger partial charge in [-0.1, -0.05) is 0 Å². The van der Waals surface area contributed by atoms with E-state index in [1.54, 1.807) is 0 Å². The van der Waals surface area contributed by atoms with E-state index >= 15 is 0 Å². The van der Waals surface area contributed by atoms with Crippen LogP contribution in [0.3, 0.4) is 0 Å². The minimum atomic E-state index is -1.35. The van der Waals surface area contributed by atoms with E-state index < -0.39 is 23.1 Å². The predicted octanol–water partition coefficient (Wildman–Crippen LogP) is 0.901. The molecule has 100 valence electrons. The first kappa shape index (κ1) is 14.5. The summed E-state index contributed by atoms with van der Waals surface area (Å²) in [6, 6.07) is 2.89. The van der Waals surface area contributed by atoms with Crippen molar-refractivity contribution in [2.45, 2.75) is 12.5 Å². The van der Waals surface area contributed by atoms with Gasteiger partial charge in [-0.3, -0.25) is 10.1 Å². The fraction of sp³-hybridized carbons (Fsp3) is 0.417. The first-order valence-corrected chi connectivity index (χ1v) is 5.40. The third kappa shape index (κ3) is 3.24. The van der Waals surface area contributed by atoms with Gasteiger partial charge in [0.15, 0.2) is 0 Å². The molecule has 0 aliphatic carbocycles. The Balaban J connectivity index is 3.06. The van der Waals surface area contributed by atoms with E-state index in [-0.39, 0.29) is 5.56 Å². The van der Waals surface area contributed by atoms with Gasteiger partial charge in [0.25, 0.3) is 0 Å². The summed E-state index contributed by atoms with van der Waals surface area (Å²) in [6.45, 7) is 2.15. The molecule has 18 heavy (non-hydrogen) atoms. The summed E-state index contributed by atoms with van der Waals surface area (Å²) >= 11 is 0. The zero-order valence-corrected chi connectivity index (χ0v) is 10.3. The SMILES string of the molecule is COCCNC(C)(C(N)=O)c1cc(F)cc(F)c1. The molecule has 3 N–H and O–H groups in total. The zero-order chi connectivity index (χ0) is 13.8. The van der Waals surface area contributed by atoms with Gasteiger partial charge in [-0.25, -0.2) is 8.78 Å². The van der Waals surface area contributed by atoms with Crippen LogP contribution in [0.4, 0.5) is 8.78 Å². The molecule has 1 aromatic rings. The number of nitrogens with one attached hydrogen (secondary N) is 1. The lowest BCUT2D eigenvalue weighted by Gasteiger charge is -2.28. The Kier molecular flexibility index (Phi) is 4.75. The zero-order valence-electron chi connectivity index (χ0n) is 10.3. The van der Waals surface area contributed by atoms with Gasteiger partial charge in [-0.05, 0) is 24.6 Å². The Morgan fingerprint density at radius 1 is 1.39 bits per heavy atom. The minimum absolute atomic E-state index is 0.142. The lowest BCUT2D eigenvalue weighted by Crippen LogP contribution is -2.51. The number of ether oxygens (including phenoxy) is 1. The molecule has 0 aliphatic heterocycles. The topological polar surface area (TPSA) is 64.3 Å².